The summed E-state index contributed by atoms with van der Waals surface area (Å²) in [6.07, 6.45) is 0.157. The number of fused-ring (bicyclic) bond motifs is 1. The van der Waals surface area contributed by atoms with Gasteiger partial charge < -0.3 is 14.2 Å². The summed E-state index contributed by atoms with van der Waals surface area (Å²) < 4.78 is 16.1. The van der Waals surface area contributed by atoms with Gasteiger partial charge in [-0.25, -0.2) is 4.79 Å². The predicted molar refractivity (Wildman–Crippen MR) is 120 cm³/mol. The SMILES string of the molecule is COc1ccc(OCCOC(=O)C(Cc2ccccc2)N2C(=O)c3ccccc3C2=O)cc1. The molecular weight excluding hydrogens is 422 g/mol. The van der Waals surface area contributed by atoms with Crippen molar-refractivity contribution in [2.24, 2.45) is 0 Å². The number of methoxy groups -OCH3 is 1. The molecule has 3 aromatic carbocycles. The lowest BCUT2D eigenvalue weighted by atomic mass is 10.0. The van der Waals surface area contributed by atoms with Gasteiger partial charge in [-0.2, -0.15) is 0 Å². The lowest BCUT2D eigenvalue weighted by molar-refractivity contribution is -0.149. The van der Waals surface area contributed by atoms with Gasteiger partial charge in [0, 0.05) is 6.42 Å². The molecule has 2 amide bonds. The van der Waals surface area contributed by atoms with Crippen LogP contribution in [0.5, 0.6) is 11.5 Å². The highest BCUT2D eigenvalue weighted by atomic mass is 16.6. The summed E-state index contributed by atoms with van der Waals surface area (Å²) in [5, 5.41) is 0. The van der Waals surface area contributed by atoms with Crippen LogP contribution in [0, 0.1) is 0 Å². The molecule has 0 aromatic heterocycles. The Bertz CT molecular complexity index is 1110. The number of imide groups is 1. The van der Waals surface area contributed by atoms with Gasteiger partial charge in [0.05, 0.1) is 18.2 Å². The van der Waals surface area contributed by atoms with Crippen LogP contribution in [-0.2, 0) is 16.0 Å². The first-order chi connectivity index (χ1) is 16.1. The molecule has 33 heavy (non-hydrogen) atoms. The molecular formula is C26H23NO6. The second kappa shape index (κ2) is 9.99. The van der Waals surface area contributed by atoms with Crippen LogP contribution in [0.2, 0.25) is 0 Å². The Morgan fingerprint density at radius 3 is 1.97 bits per heavy atom. The zero-order chi connectivity index (χ0) is 23.2. The number of rotatable bonds is 9. The first-order valence-electron chi connectivity index (χ1n) is 10.5. The van der Waals surface area contributed by atoms with Crippen molar-refractivity contribution in [3.63, 3.8) is 0 Å². The largest absolute Gasteiger partial charge is 0.497 e. The number of hydrogen-bond donors (Lipinski definition) is 0. The van der Waals surface area contributed by atoms with Gasteiger partial charge in [-0.15, -0.1) is 0 Å². The molecule has 1 aliphatic rings. The highest BCUT2D eigenvalue weighted by Gasteiger charge is 2.43. The van der Waals surface area contributed by atoms with Crippen LogP contribution in [-0.4, -0.2) is 49.0 Å². The highest BCUT2D eigenvalue weighted by Crippen LogP contribution is 2.26. The first kappa shape index (κ1) is 22.1. The summed E-state index contributed by atoms with van der Waals surface area (Å²) in [7, 11) is 1.58. The van der Waals surface area contributed by atoms with Crippen molar-refractivity contribution < 1.29 is 28.6 Å². The highest BCUT2D eigenvalue weighted by molar-refractivity contribution is 6.22. The van der Waals surface area contributed by atoms with Crippen LogP contribution in [0.4, 0.5) is 0 Å². The van der Waals surface area contributed by atoms with Crippen molar-refractivity contribution in [3.05, 3.63) is 95.6 Å². The van der Waals surface area contributed by atoms with Crippen molar-refractivity contribution in [2.75, 3.05) is 20.3 Å². The quantitative estimate of drug-likeness (QED) is 0.285. The van der Waals surface area contributed by atoms with Crippen LogP contribution in [0.25, 0.3) is 0 Å². The van der Waals surface area contributed by atoms with Crippen LogP contribution in [0.15, 0.2) is 78.9 Å². The van der Waals surface area contributed by atoms with Crippen LogP contribution < -0.4 is 9.47 Å². The second-order valence-corrected chi connectivity index (χ2v) is 7.42. The lowest BCUT2D eigenvalue weighted by Gasteiger charge is -2.24. The van der Waals surface area contributed by atoms with Crippen molar-refractivity contribution in [1.29, 1.82) is 0 Å². The van der Waals surface area contributed by atoms with Crippen LogP contribution in [0.3, 0.4) is 0 Å². The molecule has 4 rings (SSSR count). The molecule has 1 unspecified atom stereocenters. The molecule has 0 spiro atoms. The standard InChI is InChI=1S/C26H23NO6/c1-31-19-11-13-20(14-12-19)32-15-16-33-26(30)23(17-18-7-3-2-4-8-18)27-24(28)21-9-5-6-10-22(21)25(27)29/h2-14,23H,15-17H2,1H3. The first-order valence-corrected chi connectivity index (χ1v) is 10.5. The van der Waals surface area contributed by atoms with Gasteiger partial charge in [0.15, 0.2) is 0 Å². The van der Waals surface area contributed by atoms with Crippen molar-refractivity contribution in [2.45, 2.75) is 12.5 Å². The normalized spacial score (nSPS) is 13.4. The minimum atomic E-state index is -1.08. The Kier molecular flexibility index (Phi) is 6.69. The van der Waals surface area contributed by atoms with E-state index in [0.717, 1.165) is 10.5 Å². The maximum Gasteiger partial charge on any atom is 0.329 e. The van der Waals surface area contributed by atoms with Crippen molar-refractivity contribution in [3.8, 4) is 11.5 Å². The Hall–Kier alpha value is -4.13. The number of nitrogens with zero attached hydrogens (tertiary/aromatic N) is 1. The average Bonchev–Trinajstić information content (AvgIpc) is 3.11. The minimum Gasteiger partial charge on any atom is -0.497 e. The molecule has 1 heterocycles. The molecule has 0 radical (unpaired) electrons. The zero-order valence-electron chi connectivity index (χ0n) is 18.1. The monoisotopic (exact) mass is 445 g/mol. The number of esters is 1. The molecule has 0 saturated carbocycles. The van der Waals surface area contributed by atoms with Gasteiger partial charge >= 0.3 is 5.97 Å². The zero-order valence-corrected chi connectivity index (χ0v) is 18.1. The van der Waals surface area contributed by atoms with E-state index in [9.17, 15) is 14.4 Å². The topological polar surface area (TPSA) is 82.1 Å². The number of carbonyl (C=O) groups excluding carboxylic acids is 3. The van der Waals surface area contributed by atoms with Gasteiger partial charge in [-0.1, -0.05) is 42.5 Å². The maximum absolute atomic E-state index is 13.0. The summed E-state index contributed by atoms with van der Waals surface area (Å²) in [5.41, 5.74) is 1.39. The summed E-state index contributed by atoms with van der Waals surface area (Å²) in [5.74, 6) is -0.343. The van der Waals surface area contributed by atoms with E-state index in [1.165, 1.54) is 0 Å². The van der Waals surface area contributed by atoms with Crippen LogP contribution >= 0.6 is 0 Å². The van der Waals surface area contributed by atoms with E-state index in [4.69, 9.17) is 14.2 Å². The molecule has 168 valence electrons. The Balaban J connectivity index is 1.45. The Morgan fingerprint density at radius 2 is 1.36 bits per heavy atom. The molecule has 0 N–H and O–H groups in total. The predicted octanol–water partition coefficient (Wildman–Crippen LogP) is 3.52. The number of hydrogen-bond acceptors (Lipinski definition) is 6. The molecule has 1 aliphatic heterocycles. The van der Waals surface area contributed by atoms with Crippen molar-refractivity contribution >= 4 is 17.8 Å². The van der Waals surface area contributed by atoms with Gasteiger partial charge in [0.25, 0.3) is 11.8 Å². The number of benzene rings is 3. The van der Waals surface area contributed by atoms with Crippen LogP contribution in [0.1, 0.15) is 26.3 Å². The summed E-state index contributed by atoms with van der Waals surface area (Å²) in [6.45, 7) is 0.0948. The van der Waals surface area contributed by atoms with Gasteiger partial charge in [-0.05, 0) is 42.0 Å². The molecule has 7 nitrogen and oxygen atoms in total. The molecule has 0 saturated heterocycles. The van der Waals surface area contributed by atoms with E-state index in [1.807, 2.05) is 30.3 Å². The smallest absolute Gasteiger partial charge is 0.329 e. The van der Waals surface area contributed by atoms with E-state index >= 15 is 0 Å². The van der Waals surface area contributed by atoms with Gasteiger partial charge in [0.2, 0.25) is 0 Å². The third-order valence-electron chi connectivity index (χ3n) is 5.34. The fourth-order valence-electron chi connectivity index (χ4n) is 3.68. The van der Waals surface area contributed by atoms with Gasteiger partial charge in [0.1, 0.15) is 30.8 Å². The Labute approximate surface area is 191 Å². The maximum atomic E-state index is 13.0. The number of amides is 2. The second-order valence-electron chi connectivity index (χ2n) is 7.42. The molecule has 0 bridgehead atoms. The fourth-order valence-corrected chi connectivity index (χ4v) is 3.68. The van der Waals surface area contributed by atoms with E-state index < -0.39 is 23.8 Å². The molecule has 7 heteroatoms. The summed E-state index contributed by atoms with van der Waals surface area (Å²) >= 11 is 0. The molecule has 0 aliphatic carbocycles. The van der Waals surface area contributed by atoms with E-state index in [1.54, 1.807) is 55.6 Å². The Morgan fingerprint density at radius 1 is 0.788 bits per heavy atom. The summed E-state index contributed by atoms with van der Waals surface area (Å²) in [4.78, 5) is 40.0. The van der Waals surface area contributed by atoms with E-state index in [0.29, 0.717) is 11.5 Å². The third-order valence-corrected chi connectivity index (χ3v) is 5.34. The minimum absolute atomic E-state index is 0.0285. The van der Waals surface area contributed by atoms with Crippen molar-refractivity contribution in [1.82, 2.24) is 4.90 Å². The number of ether oxygens (including phenoxy) is 3. The van der Waals surface area contributed by atoms with E-state index in [2.05, 4.69) is 0 Å². The summed E-state index contributed by atoms with van der Waals surface area (Å²) in [6, 6.07) is 21.7. The van der Waals surface area contributed by atoms with E-state index in [-0.39, 0.29) is 30.8 Å². The number of carbonyl (C=O) groups is 3. The third kappa shape index (κ3) is 4.87. The molecule has 3 aromatic rings. The van der Waals surface area contributed by atoms with Gasteiger partial charge in [-0.3, -0.25) is 14.5 Å². The lowest BCUT2D eigenvalue weighted by Crippen LogP contribution is -2.47. The molecule has 1 atom stereocenters. The average molecular weight is 445 g/mol. The fraction of sp³-hybridized carbons (Fsp3) is 0.192. The molecule has 0 fully saturated rings.